The van der Waals surface area contributed by atoms with Crippen LogP contribution in [-0.4, -0.2) is 31.8 Å². The lowest BCUT2D eigenvalue weighted by atomic mass is 9.95. The topological polar surface area (TPSA) is 73.6 Å². The van der Waals surface area contributed by atoms with Gasteiger partial charge in [-0.25, -0.2) is 0 Å². The van der Waals surface area contributed by atoms with Crippen LogP contribution in [0.5, 0.6) is 0 Å². The van der Waals surface area contributed by atoms with Gasteiger partial charge in [-0.3, -0.25) is 4.79 Å². The lowest BCUT2D eigenvalue weighted by Crippen LogP contribution is -2.30. The zero-order valence-electron chi connectivity index (χ0n) is 12.1. The van der Waals surface area contributed by atoms with E-state index < -0.39 is 0 Å². The van der Waals surface area contributed by atoms with E-state index in [1.54, 1.807) is 25.3 Å². The predicted octanol–water partition coefficient (Wildman–Crippen LogP) is 2.83. The van der Waals surface area contributed by atoms with Gasteiger partial charge in [0.1, 0.15) is 6.61 Å². The molecule has 1 fully saturated rings. The first-order valence-corrected chi connectivity index (χ1v) is 7.45. The van der Waals surface area contributed by atoms with E-state index in [-0.39, 0.29) is 24.7 Å². The average molecular weight is 313 g/mol. The van der Waals surface area contributed by atoms with Gasteiger partial charge in [-0.2, -0.15) is 0 Å². The number of carbonyl (C=O) groups is 1. The van der Waals surface area contributed by atoms with Crippen LogP contribution in [0.25, 0.3) is 0 Å². The first-order chi connectivity index (χ1) is 10.1. The van der Waals surface area contributed by atoms with Crippen LogP contribution in [0, 0.1) is 0 Å². The standard InChI is InChI=1S/C15H21ClN2O3/c1-20-11-3-2-4-12(8-11)21-9-15(19)18-14-7-10(17)5-6-13(14)16/h5-7,11-12H,2-4,8-9,17H2,1H3,(H,18,19). The number of hydrogen-bond donors (Lipinski definition) is 2. The second-order valence-electron chi connectivity index (χ2n) is 5.24. The number of rotatable bonds is 5. The van der Waals surface area contributed by atoms with Gasteiger partial charge in [0.15, 0.2) is 0 Å². The Balaban J connectivity index is 1.80. The molecule has 6 heteroatoms. The van der Waals surface area contributed by atoms with Gasteiger partial charge in [0.2, 0.25) is 5.91 Å². The van der Waals surface area contributed by atoms with Crippen LogP contribution in [0.1, 0.15) is 25.7 Å². The van der Waals surface area contributed by atoms with Crippen molar-refractivity contribution in [3.05, 3.63) is 23.2 Å². The summed E-state index contributed by atoms with van der Waals surface area (Å²) in [6.45, 7) is 0.00618. The fourth-order valence-corrected chi connectivity index (χ4v) is 2.65. The Morgan fingerprint density at radius 3 is 2.95 bits per heavy atom. The number of methoxy groups -OCH3 is 1. The molecule has 5 nitrogen and oxygen atoms in total. The number of ether oxygens (including phenoxy) is 2. The summed E-state index contributed by atoms with van der Waals surface area (Å²) in [7, 11) is 1.71. The number of hydrogen-bond acceptors (Lipinski definition) is 4. The molecule has 0 radical (unpaired) electrons. The second-order valence-corrected chi connectivity index (χ2v) is 5.65. The van der Waals surface area contributed by atoms with Gasteiger partial charge < -0.3 is 20.5 Å². The molecule has 0 bridgehead atoms. The Kier molecular flexibility index (Phi) is 5.85. The molecule has 1 aromatic rings. The highest BCUT2D eigenvalue weighted by Crippen LogP contribution is 2.25. The molecule has 1 aromatic carbocycles. The molecule has 1 saturated carbocycles. The molecule has 2 rings (SSSR count). The van der Waals surface area contributed by atoms with E-state index in [2.05, 4.69) is 5.32 Å². The van der Waals surface area contributed by atoms with Crippen LogP contribution in [0.4, 0.5) is 11.4 Å². The molecule has 0 aliphatic heterocycles. The van der Waals surface area contributed by atoms with Crippen LogP contribution >= 0.6 is 11.6 Å². The third-order valence-corrected chi connectivity index (χ3v) is 3.96. The van der Waals surface area contributed by atoms with Crippen molar-refractivity contribution in [2.24, 2.45) is 0 Å². The zero-order chi connectivity index (χ0) is 15.2. The summed E-state index contributed by atoms with van der Waals surface area (Å²) in [5, 5.41) is 3.16. The average Bonchev–Trinajstić information content (AvgIpc) is 2.49. The quantitative estimate of drug-likeness (QED) is 0.820. The minimum atomic E-state index is -0.234. The second kappa shape index (κ2) is 7.64. The Hall–Kier alpha value is -1.30. The number of carbonyl (C=O) groups excluding carboxylic acids is 1. The minimum absolute atomic E-state index is 0.00618. The molecular formula is C15H21ClN2O3. The molecule has 116 valence electrons. The third-order valence-electron chi connectivity index (χ3n) is 3.63. The summed E-state index contributed by atoms with van der Waals surface area (Å²) in [4.78, 5) is 11.9. The Labute approximate surface area is 129 Å². The van der Waals surface area contributed by atoms with E-state index >= 15 is 0 Å². The van der Waals surface area contributed by atoms with Crippen molar-refractivity contribution < 1.29 is 14.3 Å². The number of nitrogens with two attached hydrogens (primary N) is 1. The van der Waals surface area contributed by atoms with Gasteiger partial charge >= 0.3 is 0 Å². The lowest BCUT2D eigenvalue weighted by molar-refractivity contribution is -0.124. The van der Waals surface area contributed by atoms with Crippen LogP contribution in [0.2, 0.25) is 5.02 Å². The summed E-state index contributed by atoms with van der Waals surface area (Å²) in [6.07, 6.45) is 4.23. The Bertz CT molecular complexity index is 496. The summed E-state index contributed by atoms with van der Waals surface area (Å²) in [5.41, 5.74) is 6.72. The number of halogens is 1. The highest BCUT2D eigenvalue weighted by Gasteiger charge is 2.22. The minimum Gasteiger partial charge on any atom is -0.399 e. The van der Waals surface area contributed by atoms with E-state index in [9.17, 15) is 4.79 Å². The number of benzene rings is 1. The fourth-order valence-electron chi connectivity index (χ4n) is 2.49. The summed E-state index contributed by atoms with van der Waals surface area (Å²) in [5.74, 6) is -0.234. The van der Waals surface area contributed by atoms with Gasteiger partial charge in [-0.15, -0.1) is 0 Å². The fraction of sp³-hybridized carbons (Fsp3) is 0.533. The monoisotopic (exact) mass is 312 g/mol. The number of anilines is 2. The molecule has 2 unspecified atom stereocenters. The Morgan fingerprint density at radius 2 is 2.19 bits per heavy atom. The molecule has 0 heterocycles. The number of nitrogen functional groups attached to an aromatic ring is 1. The third kappa shape index (κ3) is 4.88. The van der Waals surface area contributed by atoms with Crippen molar-refractivity contribution in [3.63, 3.8) is 0 Å². The maximum atomic E-state index is 11.9. The maximum Gasteiger partial charge on any atom is 0.250 e. The van der Waals surface area contributed by atoms with E-state index in [1.807, 2.05) is 0 Å². The first-order valence-electron chi connectivity index (χ1n) is 7.07. The van der Waals surface area contributed by atoms with E-state index in [4.69, 9.17) is 26.8 Å². The molecule has 0 aromatic heterocycles. The largest absolute Gasteiger partial charge is 0.399 e. The van der Waals surface area contributed by atoms with Crippen LogP contribution in [0.15, 0.2) is 18.2 Å². The van der Waals surface area contributed by atoms with Crippen LogP contribution in [0.3, 0.4) is 0 Å². The summed E-state index contributed by atoms with van der Waals surface area (Å²) in [6, 6.07) is 4.96. The molecule has 1 aliphatic rings. The van der Waals surface area contributed by atoms with E-state index in [0.717, 1.165) is 25.7 Å². The highest BCUT2D eigenvalue weighted by atomic mass is 35.5. The molecule has 3 N–H and O–H groups in total. The van der Waals surface area contributed by atoms with Gasteiger partial charge in [0, 0.05) is 12.8 Å². The summed E-state index contributed by atoms with van der Waals surface area (Å²) >= 11 is 6.00. The molecule has 21 heavy (non-hydrogen) atoms. The van der Waals surface area contributed by atoms with E-state index in [0.29, 0.717) is 16.4 Å². The predicted molar refractivity (Wildman–Crippen MR) is 83.5 cm³/mol. The molecule has 0 spiro atoms. The molecule has 0 saturated heterocycles. The van der Waals surface area contributed by atoms with Gasteiger partial charge in [-0.1, -0.05) is 11.6 Å². The van der Waals surface area contributed by atoms with E-state index in [1.165, 1.54) is 0 Å². The van der Waals surface area contributed by atoms with Gasteiger partial charge in [-0.05, 0) is 43.9 Å². The lowest BCUT2D eigenvalue weighted by Gasteiger charge is -2.28. The number of nitrogens with one attached hydrogen (secondary N) is 1. The van der Waals surface area contributed by atoms with Gasteiger partial charge in [0.05, 0.1) is 22.9 Å². The Morgan fingerprint density at radius 1 is 1.43 bits per heavy atom. The van der Waals surface area contributed by atoms with Crippen molar-refractivity contribution in [1.82, 2.24) is 0 Å². The van der Waals surface area contributed by atoms with Crippen molar-refractivity contribution in [2.45, 2.75) is 37.9 Å². The molecule has 1 aliphatic carbocycles. The normalized spacial score (nSPS) is 22.0. The van der Waals surface area contributed by atoms with Crippen LogP contribution < -0.4 is 11.1 Å². The smallest absolute Gasteiger partial charge is 0.250 e. The SMILES string of the molecule is COC1CCCC(OCC(=O)Nc2cc(N)ccc2Cl)C1. The van der Waals surface area contributed by atoms with Crippen molar-refractivity contribution in [2.75, 3.05) is 24.8 Å². The highest BCUT2D eigenvalue weighted by molar-refractivity contribution is 6.33. The van der Waals surface area contributed by atoms with Crippen LogP contribution in [-0.2, 0) is 14.3 Å². The summed E-state index contributed by atoms with van der Waals surface area (Å²) < 4.78 is 11.0. The zero-order valence-corrected chi connectivity index (χ0v) is 12.9. The number of amides is 1. The first kappa shape index (κ1) is 16.1. The van der Waals surface area contributed by atoms with Gasteiger partial charge in [0.25, 0.3) is 0 Å². The van der Waals surface area contributed by atoms with Crippen molar-refractivity contribution in [1.29, 1.82) is 0 Å². The van der Waals surface area contributed by atoms with Crippen molar-refractivity contribution in [3.8, 4) is 0 Å². The maximum absolute atomic E-state index is 11.9. The van der Waals surface area contributed by atoms with Crippen molar-refractivity contribution >= 4 is 28.9 Å². The molecule has 2 atom stereocenters. The molecule has 1 amide bonds. The molecular weight excluding hydrogens is 292 g/mol.